The lowest BCUT2D eigenvalue weighted by Gasteiger charge is -2.33. The lowest BCUT2D eigenvalue weighted by Crippen LogP contribution is -2.50. The van der Waals surface area contributed by atoms with E-state index in [2.05, 4.69) is 34.3 Å². The Balaban J connectivity index is 1.47. The predicted molar refractivity (Wildman–Crippen MR) is 123 cm³/mol. The van der Waals surface area contributed by atoms with E-state index in [1.165, 1.54) is 17.7 Å². The Labute approximate surface area is 187 Å². The first-order chi connectivity index (χ1) is 15.6. The molecule has 0 saturated carbocycles. The van der Waals surface area contributed by atoms with Gasteiger partial charge in [0.1, 0.15) is 23.2 Å². The SMILES string of the molecule is Cc1ccc(Nc2c(-c3ccc(F)cc3)nc3n2CCN(C(=O)[C@@H]2CCCCN2)C3)cc1. The highest BCUT2D eigenvalue weighted by Gasteiger charge is 2.31. The van der Waals surface area contributed by atoms with Crippen molar-refractivity contribution in [2.45, 2.75) is 45.3 Å². The van der Waals surface area contributed by atoms with Gasteiger partial charge in [-0.1, -0.05) is 24.1 Å². The standard InChI is InChI=1S/C25H28FN5O/c1-17-5-11-20(12-6-17)28-24-23(18-7-9-19(26)10-8-18)29-22-16-30(14-15-31(22)24)25(32)21-4-2-3-13-27-21/h5-12,21,27-28H,2-4,13-16H2,1H3/t21-/m0/s1. The lowest BCUT2D eigenvalue weighted by atomic mass is 10.0. The molecule has 1 amide bonds. The summed E-state index contributed by atoms with van der Waals surface area (Å²) in [5.41, 5.74) is 3.77. The number of hydrogen-bond acceptors (Lipinski definition) is 4. The van der Waals surface area contributed by atoms with Crippen molar-refractivity contribution in [3.05, 3.63) is 65.7 Å². The molecule has 2 aliphatic rings. The van der Waals surface area contributed by atoms with Crippen molar-refractivity contribution in [3.63, 3.8) is 0 Å². The molecule has 3 aromatic rings. The molecule has 7 heteroatoms. The molecule has 32 heavy (non-hydrogen) atoms. The van der Waals surface area contributed by atoms with E-state index in [1.807, 2.05) is 17.0 Å². The first kappa shape index (κ1) is 20.7. The number of benzene rings is 2. The Morgan fingerprint density at radius 2 is 1.88 bits per heavy atom. The number of amides is 1. The van der Waals surface area contributed by atoms with E-state index in [-0.39, 0.29) is 17.8 Å². The molecular formula is C25H28FN5O. The molecule has 2 aromatic carbocycles. The second-order valence-electron chi connectivity index (χ2n) is 8.64. The number of carbonyl (C=O) groups excluding carboxylic acids is 1. The third kappa shape index (κ3) is 4.12. The number of imidazole rings is 1. The fourth-order valence-electron chi connectivity index (χ4n) is 4.51. The molecule has 1 aromatic heterocycles. The van der Waals surface area contributed by atoms with Crippen LogP contribution in [0.5, 0.6) is 0 Å². The van der Waals surface area contributed by atoms with Crippen LogP contribution >= 0.6 is 0 Å². The number of fused-ring (bicyclic) bond motifs is 1. The number of aromatic nitrogens is 2. The molecule has 1 fully saturated rings. The zero-order valence-electron chi connectivity index (χ0n) is 18.3. The van der Waals surface area contributed by atoms with Crippen LogP contribution < -0.4 is 10.6 Å². The molecule has 0 aliphatic carbocycles. The maximum atomic E-state index is 13.5. The van der Waals surface area contributed by atoms with Gasteiger partial charge in [-0.15, -0.1) is 0 Å². The molecule has 0 radical (unpaired) electrons. The Bertz CT molecular complexity index is 1100. The molecule has 1 atom stereocenters. The number of hydrogen-bond donors (Lipinski definition) is 2. The monoisotopic (exact) mass is 433 g/mol. The van der Waals surface area contributed by atoms with Gasteiger partial charge in [-0.05, 0) is 62.7 Å². The minimum atomic E-state index is -0.275. The average Bonchev–Trinajstić information content (AvgIpc) is 3.18. The van der Waals surface area contributed by atoms with Crippen molar-refractivity contribution in [2.75, 3.05) is 18.4 Å². The number of rotatable bonds is 4. The van der Waals surface area contributed by atoms with Crippen molar-refractivity contribution in [1.29, 1.82) is 0 Å². The van der Waals surface area contributed by atoms with Crippen LogP contribution in [0.3, 0.4) is 0 Å². The number of halogens is 1. The van der Waals surface area contributed by atoms with Crippen LogP contribution in [0.15, 0.2) is 48.5 Å². The van der Waals surface area contributed by atoms with Gasteiger partial charge in [0.2, 0.25) is 5.91 Å². The summed E-state index contributed by atoms with van der Waals surface area (Å²) in [4.78, 5) is 19.9. The Hall–Kier alpha value is -3.19. The molecular weight excluding hydrogens is 405 g/mol. The van der Waals surface area contributed by atoms with Crippen LogP contribution in [-0.4, -0.2) is 39.5 Å². The molecule has 5 rings (SSSR count). The third-order valence-corrected chi connectivity index (χ3v) is 6.32. The zero-order valence-corrected chi connectivity index (χ0v) is 18.3. The number of carbonyl (C=O) groups is 1. The summed E-state index contributed by atoms with van der Waals surface area (Å²) in [6, 6.07) is 14.5. The quantitative estimate of drug-likeness (QED) is 0.647. The van der Waals surface area contributed by atoms with Gasteiger partial charge in [-0.3, -0.25) is 4.79 Å². The summed E-state index contributed by atoms with van der Waals surface area (Å²) in [7, 11) is 0. The van der Waals surface area contributed by atoms with Crippen molar-refractivity contribution in [1.82, 2.24) is 19.8 Å². The number of nitrogens with zero attached hydrogens (tertiary/aromatic N) is 3. The Morgan fingerprint density at radius 1 is 1.09 bits per heavy atom. The highest BCUT2D eigenvalue weighted by atomic mass is 19.1. The summed E-state index contributed by atoms with van der Waals surface area (Å²) in [5.74, 6) is 1.60. The normalized spacial score (nSPS) is 18.3. The maximum Gasteiger partial charge on any atom is 0.240 e. The highest BCUT2D eigenvalue weighted by Crippen LogP contribution is 2.33. The van der Waals surface area contributed by atoms with E-state index >= 15 is 0 Å². The summed E-state index contributed by atoms with van der Waals surface area (Å²) in [6.45, 7) is 4.74. The first-order valence-electron chi connectivity index (χ1n) is 11.3. The van der Waals surface area contributed by atoms with Gasteiger partial charge in [-0.2, -0.15) is 0 Å². The molecule has 6 nitrogen and oxygen atoms in total. The van der Waals surface area contributed by atoms with Gasteiger partial charge in [0, 0.05) is 24.3 Å². The van der Waals surface area contributed by atoms with Crippen molar-refractivity contribution >= 4 is 17.4 Å². The smallest absolute Gasteiger partial charge is 0.240 e. The number of nitrogens with one attached hydrogen (secondary N) is 2. The molecule has 1 saturated heterocycles. The maximum absolute atomic E-state index is 13.5. The number of aryl methyl sites for hydroxylation is 1. The summed E-state index contributed by atoms with van der Waals surface area (Å²) >= 11 is 0. The van der Waals surface area contributed by atoms with Gasteiger partial charge in [-0.25, -0.2) is 9.37 Å². The second-order valence-corrected chi connectivity index (χ2v) is 8.64. The summed E-state index contributed by atoms with van der Waals surface area (Å²) in [5, 5.41) is 6.88. The third-order valence-electron chi connectivity index (χ3n) is 6.32. The van der Waals surface area contributed by atoms with Gasteiger partial charge >= 0.3 is 0 Å². The Morgan fingerprint density at radius 3 is 2.59 bits per heavy atom. The molecule has 3 heterocycles. The van der Waals surface area contributed by atoms with Crippen molar-refractivity contribution < 1.29 is 9.18 Å². The predicted octanol–water partition coefficient (Wildman–Crippen LogP) is 4.23. The van der Waals surface area contributed by atoms with Gasteiger partial charge in [0.05, 0.1) is 12.6 Å². The van der Waals surface area contributed by atoms with Crippen molar-refractivity contribution in [3.8, 4) is 11.3 Å². The fraction of sp³-hybridized carbons (Fsp3) is 0.360. The number of piperidine rings is 1. The van der Waals surface area contributed by atoms with Crippen LogP contribution in [0.2, 0.25) is 0 Å². The van der Waals surface area contributed by atoms with Gasteiger partial charge in [0.15, 0.2) is 0 Å². The van der Waals surface area contributed by atoms with E-state index in [0.717, 1.165) is 54.4 Å². The summed E-state index contributed by atoms with van der Waals surface area (Å²) in [6.07, 6.45) is 3.11. The van der Waals surface area contributed by atoms with Crippen LogP contribution in [0, 0.1) is 12.7 Å². The van der Waals surface area contributed by atoms with Gasteiger partial charge < -0.3 is 20.1 Å². The molecule has 2 N–H and O–H groups in total. The number of anilines is 2. The lowest BCUT2D eigenvalue weighted by molar-refractivity contribution is -0.135. The van der Waals surface area contributed by atoms with Gasteiger partial charge in [0.25, 0.3) is 0 Å². The fourth-order valence-corrected chi connectivity index (χ4v) is 4.51. The minimum absolute atomic E-state index is 0.0908. The average molecular weight is 434 g/mol. The van der Waals surface area contributed by atoms with E-state index in [9.17, 15) is 9.18 Å². The van der Waals surface area contributed by atoms with Crippen LogP contribution in [0.4, 0.5) is 15.9 Å². The second kappa shape index (κ2) is 8.74. The molecule has 166 valence electrons. The topological polar surface area (TPSA) is 62.2 Å². The summed E-state index contributed by atoms with van der Waals surface area (Å²) < 4.78 is 15.7. The van der Waals surface area contributed by atoms with E-state index < -0.39 is 0 Å². The van der Waals surface area contributed by atoms with Crippen molar-refractivity contribution in [2.24, 2.45) is 0 Å². The van der Waals surface area contributed by atoms with Crippen LogP contribution in [0.1, 0.15) is 30.7 Å². The van der Waals surface area contributed by atoms with Crippen LogP contribution in [0.25, 0.3) is 11.3 Å². The minimum Gasteiger partial charge on any atom is -0.340 e. The van der Waals surface area contributed by atoms with E-state index in [0.29, 0.717) is 19.6 Å². The van der Waals surface area contributed by atoms with E-state index in [4.69, 9.17) is 4.98 Å². The molecule has 0 bridgehead atoms. The zero-order chi connectivity index (χ0) is 22.1. The van der Waals surface area contributed by atoms with Crippen LogP contribution in [-0.2, 0) is 17.9 Å². The molecule has 2 aliphatic heterocycles. The largest absolute Gasteiger partial charge is 0.340 e. The van der Waals surface area contributed by atoms with E-state index in [1.54, 1.807) is 12.1 Å². The molecule has 0 spiro atoms. The molecule has 0 unspecified atom stereocenters. The highest BCUT2D eigenvalue weighted by molar-refractivity contribution is 5.82. The first-order valence-corrected chi connectivity index (χ1v) is 11.3. The Kier molecular flexibility index (Phi) is 5.66.